The molecule has 0 aliphatic heterocycles. The van der Waals surface area contributed by atoms with Gasteiger partial charge in [-0.25, -0.2) is 4.98 Å². The van der Waals surface area contributed by atoms with Crippen LogP contribution in [0.15, 0.2) is 12.4 Å². The van der Waals surface area contributed by atoms with E-state index < -0.39 is 7.32 Å². The maximum atomic E-state index is 7.17. The molecule has 0 aliphatic rings. The molecule has 0 fully saturated rings. The van der Waals surface area contributed by atoms with Gasteiger partial charge >= 0.3 is 7.32 Å². The maximum absolute atomic E-state index is 7.17. The van der Waals surface area contributed by atoms with E-state index in [-0.39, 0.29) is 6.10 Å². The van der Waals surface area contributed by atoms with E-state index >= 15 is 0 Å². The van der Waals surface area contributed by atoms with Crippen molar-refractivity contribution in [2.45, 2.75) is 13.0 Å². The van der Waals surface area contributed by atoms with Crippen LogP contribution in [0, 0.1) is 0 Å². The zero-order valence-electron chi connectivity index (χ0n) is 8.45. The minimum absolute atomic E-state index is 0.0833. The van der Waals surface area contributed by atoms with E-state index in [4.69, 9.17) is 19.8 Å². The van der Waals surface area contributed by atoms with Crippen LogP contribution in [0.4, 0.5) is 0 Å². The van der Waals surface area contributed by atoms with Gasteiger partial charge in [-0.1, -0.05) is 0 Å². The van der Waals surface area contributed by atoms with Gasteiger partial charge in [0.05, 0.1) is 0 Å². The molecule has 0 saturated carbocycles. The number of hydrogen-bond acceptors (Lipinski definition) is 5. The number of aromatic nitrogens is 2. The summed E-state index contributed by atoms with van der Waals surface area (Å²) < 4.78 is 7.04. The smallest absolute Gasteiger partial charge is 0.402 e. The molecule has 3 N–H and O–H groups in total. The molecular weight excluding hydrogens is 187 g/mol. The van der Waals surface area contributed by atoms with Crippen molar-refractivity contribution >= 4 is 7.32 Å². The van der Waals surface area contributed by atoms with Gasteiger partial charge in [0.1, 0.15) is 11.9 Å². The van der Waals surface area contributed by atoms with Gasteiger partial charge in [-0.05, 0) is 6.92 Å². The van der Waals surface area contributed by atoms with Gasteiger partial charge in [0.15, 0.2) is 0 Å². The zero-order chi connectivity index (χ0) is 11.1. The second kappa shape index (κ2) is 6.55. The highest BCUT2D eigenvalue weighted by atomic mass is 16.5. The van der Waals surface area contributed by atoms with Crippen LogP contribution >= 0.6 is 0 Å². The lowest BCUT2D eigenvalue weighted by Gasteiger charge is -2.07. The van der Waals surface area contributed by atoms with Gasteiger partial charge in [-0.2, -0.15) is 0 Å². The summed E-state index contributed by atoms with van der Waals surface area (Å²) in [5.74, 6) is 0.961. The molecule has 1 aromatic heterocycles. The van der Waals surface area contributed by atoms with Gasteiger partial charge in [-0.3, -0.25) is 0 Å². The Morgan fingerprint density at radius 3 is 2.29 bits per heavy atom. The van der Waals surface area contributed by atoms with Crippen molar-refractivity contribution in [3.8, 4) is 0 Å². The van der Waals surface area contributed by atoms with Crippen molar-refractivity contribution in [3.63, 3.8) is 0 Å². The highest BCUT2D eigenvalue weighted by molar-refractivity contribution is 6.30. The Bertz CT molecular complexity index is 251. The summed E-state index contributed by atoms with van der Waals surface area (Å²) in [6, 6.07) is 0. The van der Waals surface area contributed by atoms with Gasteiger partial charge in [0, 0.05) is 26.6 Å². The number of ether oxygens (including phenoxy) is 1. The van der Waals surface area contributed by atoms with E-state index in [2.05, 4.69) is 4.98 Å². The summed E-state index contributed by atoms with van der Waals surface area (Å²) in [4.78, 5) is 4.12. The summed E-state index contributed by atoms with van der Waals surface area (Å²) in [7, 11) is 1.47. The van der Waals surface area contributed by atoms with Crippen molar-refractivity contribution in [2.24, 2.45) is 7.05 Å². The second-order valence-electron chi connectivity index (χ2n) is 2.62. The minimum atomic E-state index is -2.17. The fraction of sp³-hybridized carbons (Fsp3) is 0.571. The summed E-state index contributed by atoms with van der Waals surface area (Å²) in [5, 5.41) is 21.5. The van der Waals surface area contributed by atoms with Crippen LogP contribution in [-0.2, 0) is 11.8 Å². The molecule has 0 radical (unpaired) electrons. The number of methoxy groups -OCH3 is 1. The number of nitrogens with zero attached hydrogens (tertiary/aromatic N) is 2. The zero-order valence-corrected chi connectivity index (χ0v) is 8.45. The quantitative estimate of drug-likeness (QED) is 0.539. The summed E-state index contributed by atoms with van der Waals surface area (Å²) in [5.41, 5.74) is 0. The molecule has 1 aromatic rings. The van der Waals surface area contributed by atoms with Gasteiger partial charge in [0.2, 0.25) is 0 Å². The Kier molecular flexibility index (Phi) is 6.14. The minimum Gasteiger partial charge on any atom is -0.402 e. The van der Waals surface area contributed by atoms with E-state index in [1.54, 1.807) is 13.3 Å². The lowest BCUT2D eigenvalue weighted by atomic mass is 10.3. The van der Waals surface area contributed by atoms with E-state index in [9.17, 15) is 0 Å². The molecule has 0 aromatic carbocycles. The molecule has 6 nitrogen and oxygen atoms in total. The third-order valence-electron chi connectivity index (χ3n) is 1.58. The van der Waals surface area contributed by atoms with Crippen LogP contribution in [0.2, 0.25) is 0 Å². The third-order valence-corrected chi connectivity index (χ3v) is 1.58. The van der Waals surface area contributed by atoms with E-state index in [1.807, 2.05) is 24.7 Å². The van der Waals surface area contributed by atoms with Crippen molar-refractivity contribution in [2.75, 3.05) is 7.11 Å². The van der Waals surface area contributed by atoms with Crippen molar-refractivity contribution in [3.05, 3.63) is 18.2 Å². The Hall–Kier alpha value is -0.885. The topological polar surface area (TPSA) is 87.7 Å². The van der Waals surface area contributed by atoms with E-state index in [0.717, 1.165) is 5.82 Å². The third kappa shape index (κ3) is 4.98. The molecule has 80 valence electrons. The lowest BCUT2D eigenvalue weighted by Crippen LogP contribution is -2.07. The molecule has 0 saturated heterocycles. The summed E-state index contributed by atoms with van der Waals surface area (Å²) in [6.45, 7) is 1.97. The van der Waals surface area contributed by atoms with Gasteiger partial charge < -0.3 is 24.4 Å². The molecular formula is C7H15BN2O4. The van der Waals surface area contributed by atoms with Crippen LogP contribution in [0.5, 0.6) is 0 Å². The Balaban J connectivity index is 0.000000364. The van der Waals surface area contributed by atoms with Crippen LogP contribution < -0.4 is 0 Å². The van der Waals surface area contributed by atoms with Crippen LogP contribution in [0.25, 0.3) is 0 Å². The van der Waals surface area contributed by atoms with E-state index in [0.29, 0.717) is 0 Å². The Morgan fingerprint density at radius 1 is 1.50 bits per heavy atom. The predicted molar refractivity (Wildman–Crippen MR) is 51.0 cm³/mol. The lowest BCUT2D eigenvalue weighted by molar-refractivity contribution is 0.109. The van der Waals surface area contributed by atoms with Gasteiger partial charge in [0.25, 0.3) is 0 Å². The van der Waals surface area contributed by atoms with Crippen LogP contribution in [0.1, 0.15) is 18.9 Å². The normalized spacial score (nSPS) is 11.6. The Labute approximate surface area is 83.0 Å². The maximum Gasteiger partial charge on any atom is 0.631 e. The molecule has 1 heterocycles. The fourth-order valence-electron chi connectivity index (χ4n) is 0.874. The standard InChI is InChI=1S/C7H12N2O.BH3O3/c1-6(10-3)7-8-4-5-9(7)2;2-1(3)4/h4-6H,1-3H3;2-4H. The SMILES string of the molecule is COC(C)c1nccn1C.OB(O)O. The second-order valence-corrected chi connectivity index (χ2v) is 2.62. The molecule has 0 bridgehead atoms. The predicted octanol–water partition coefficient (Wildman–Crippen LogP) is -0.924. The van der Waals surface area contributed by atoms with Crippen molar-refractivity contribution in [1.82, 2.24) is 9.55 Å². The average Bonchev–Trinajstić information content (AvgIpc) is 2.49. The number of rotatable bonds is 2. The number of hydrogen-bond donors (Lipinski definition) is 3. The Morgan fingerprint density at radius 2 is 2.00 bits per heavy atom. The van der Waals surface area contributed by atoms with E-state index in [1.165, 1.54) is 0 Å². The number of aryl methyl sites for hydroxylation is 1. The molecule has 1 rings (SSSR count). The molecule has 14 heavy (non-hydrogen) atoms. The fourth-order valence-corrected chi connectivity index (χ4v) is 0.874. The molecule has 1 unspecified atom stereocenters. The van der Waals surface area contributed by atoms with Gasteiger partial charge in [-0.15, -0.1) is 0 Å². The molecule has 0 spiro atoms. The largest absolute Gasteiger partial charge is 0.631 e. The molecule has 7 heteroatoms. The van der Waals surface area contributed by atoms with Crippen molar-refractivity contribution < 1.29 is 19.8 Å². The first-order chi connectivity index (χ1) is 6.49. The number of imidazole rings is 1. The first-order valence-electron chi connectivity index (χ1n) is 4.03. The van der Waals surface area contributed by atoms with Crippen LogP contribution in [-0.4, -0.2) is 39.1 Å². The first-order valence-corrected chi connectivity index (χ1v) is 4.03. The summed E-state index contributed by atoms with van der Waals surface area (Å²) >= 11 is 0. The molecule has 0 aliphatic carbocycles. The van der Waals surface area contributed by atoms with Crippen LogP contribution in [0.3, 0.4) is 0 Å². The first kappa shape index (κ1) is 13.1. The average molecular weight is 202 g/mol. The highest BCUT2D eigenvalue weighted by Crippen LogP contribution is 2.10. The molecule has 0 amide bonds. The highest BCUT2D eigenvalue weighted by Gasteiger charge is 2.06. The van der Waals surface area contributed by atoms with Crippen molar-refractivity contribution in [1.29, 1.82) is 0 Å². The molecule has 1 atom stereocenters. The summed E-state index contributed by atoms with van der Waals surface area (Å²) in [6.07, 6.45) is 3.76. The monoisotopic (exact) mass is 202 g/mol.